The Morgan fingerprint density at radius 2 is 1.75 bits per heavy atom. The third-order valence-corrected chi connectivity index (χ3v) is 19.0. The Balaban J connectivity index is 0.963. The van der Waals surface area contributed by atoms with Crippen molar-refractivity contribution < 1.29 is 32.6 Å². The monoisotopic (exact) mass is 1120 g/mol. The van der Waals surface area contributed by atoms with Crippen molar-refractivity contribution in [2.24, 2.45) is 22.7 Å². The van der Waals surface area contributed by atoms with Crippen LogP contribution < -0.4 is 20.5 Å². The number of hydrazine groups is 1. The topological polar surface area (TPSA) is 136 Å². The van der Waals surface area contributed by atoms with Gasteiger partial charge in [0, 0.05) is 142 Å². The number of hydrogen-bond acceptors (Lipinski definition) is 14. The molecule has 1 aliphatic carbocycles. The van der Waals surface area contributed by atoms with E-state index in [4.69, 9.17) is 25.8 Å². The van der Waals surface area contributed by atoms with Crippen LogP contribution in [0.25, 0.3) is 22.2 Å². The number of aryl methyl sites for hydroxylation is 1. The summed E-state index contributed by atoms with van der Waals surface area (Å²) in [6, 6.07) is 13.2. The Morgan fingerprint density at radius 3 is 2.41 bits per heavy atom. The smallest absolute Gasteiger partial charge is 0.293 e. The summed E-state index contributed by atoms with van der Waals surface area (Å²) in [6.07, 6.45) is 10.2. The van der Waals surface area contributed by atoms with Gasteiger partial charge in [-0.3, -0.25) is 34.3 Å². The predicted octanol–water partition coefficient (Wildman–Crippen LogP) is 8.47. The van der Waals surface area contributed by atoms with Gasteiger partial charge in [0.1, 0.15) is 0 Å². The number of carbonyl (C=O) groups is 2. The Bertz CT molecular complexity index is 2850. The zero-order valence-electron chi connectivity index (χ0n) is 49.2. The van der Waals surface area contributed by atoms with Crippen LogP contribution in [0, 0.1) is 22.7 Å². The van der Waals surface area contributed by atoms with Gasteiger partial charge in [-0.05, 0) is 113 Å². The van der Waals surface area contributed by atoms with E-state index in [2.05, 4.69) is 96.9 Å². The molecule has 81 heavy (non-hydrogen) atoms. The molecule has 1 amide bonds. The minimum atomic E-state index is -2.98. The van der Waals surface area contributed by atoms with Crippen LogP contribution in [0.1, 0.15) is 116 Å². The number of halogens is 2. The third-order valence-electron chi connectivity index (χ3n) is 19.0. The molecule has 1 aromatic carbocycles. The number of piperazine rings is 1. The summed E-state index contributed by atoms with van der Waals surface area (Å²) in [7, 11) is 1.75. The van der Waals surface area contributed by atoms with E-state index < -0.39 is 42.4 Å². The summed E-state index contributed by atoms with van der Waals surface area (Å²) in [5.74, 6) is -3.42. The molecule has 16 nitrogen and oxygen atoms in total. The van der Waals surface area contributed by atoms with E-state index >= 15 is 13.6 Å². The van der Waals surface area contributed by atoms with Crippen LogP contribution in [0.4, 0.5) is 20.2 Å². The standard InChI is InChI=1S/C63H89F2N11O5/c1-9-74-53-20-19-47(29-49(53)51(31-61(6,7)38-81-41-77)59(74)50-30-48(33-67-56(50)44(5)79-8)71-27-25-70(26-28-71)46-17-18-46)72-23-14-15-45(34-72)58(73-35-62(36-73)39-80-40-62)55(43(4)76-24-13-12-22-68-76)69-60(78)57(42(2)3)75-37-63(64,65)32-54(75)52-16-10-11-21-66-52/h10-11,16,19-21,29-30,33,41-42,44-46,54-55,57-58,68H,4,9,12-15,17-18,22-28,31-32,34-40H2,1-3,5-8H3,(H,69,78)/t44?,45-,54?,55?,57?,58?/m1/s1. The van der Waals surface area contributed by atoms with Gasteiger partial charge in [-0.1, -0.05) is 40.3 Å². The van der Waals surface area contributed by atoms with Gasteiger partial charge in [0.15, 0.2) is 0 Å². The van der Waals surface area contributed by atoms with E-state index in [0.29, 0.717) is 18.6 Å². The maximum Gasteiger partial charge on any atom is 0.293 e. The summed E-state index contributed by atoms with van der Waals surface area (Å²) in [5.41, 5.74) is 12.2. The highest BCUT2D eigenvalue weighted by Gasteiger charge is 2.56. The molecule has 1 spiro atoms. The summed E-state index contributed by atoms with van der Waals surface area (Å²) in [5, 5.41) is 6.91. The first-order valence-electron chi connectivity index (χ1n) is 30.3. The molecule has 7 aliphatic rings. The second-order valence-electron chi connectivity index (χ2n) is 26.0. The second-order valence-corrected chi connectivity index (χ2v) is 26.0. The van der Waals surface area contributed by atoms with Crippen molar-refractivity contribution in [2.75, 3.05) is 109 Å². The van der Waals surface area contributed by atoms with Crippen molar-refractivity contribution in [1.29, 1.82) is 0 Å². The molecule has 5 unspecified atom stereocenters. The number of aromatic nitrogens is 3. The maximum atomic E-state index is 15.7. The number of carbonyl (C=O) groups excluding carboxylic acids is 2. The number of anilines is 2. The Kier molecular flexibility index (Phi) is 16.9. The molecular weight excluding hydrogens is 1030 g/mol. The van der Waals surface area contributed by atoms with Crippen LogP contribution in [0.5, 0.6) is 0 Å². The fraction of sp³-hybridized carbons (Fsp3) is 0.651. The lowest BCUT2D eigenvalue weighted by atomic mass is 9.73. The lowest BCUT2D eigenvalue weighted by molar-refractivity contribution is -0.205. The van der Waals surface area contributed by atoms with Crippen LogP contribution in [-0.4, -0.2) is 176 Å². The van der Waals surface area contributed by atoms with E-state index in [9.17, 15) is 4.79 Å². The lowest BCUT2D eigenvalue weighted by Crippen LogP contribution is -2.73. The van der Waals surface area contributed by atoms with Crippen LogP contribution >= 0.6 is 0 Å². The summed E-state index contributed by atoms with van der Waals surface area (Å²) >= 11 is 0. The highest BCUT2D eigenvalue weighted by molar-refractivity contribution is 5.95. The fourth-order valence-corrected chi connectivity index (χ4v) is 14.7. The molecule has 11 rings (SSSR count). The third kappa shape index (κ3) is 12.0. The normalized spacial score (nSPS) is 24.2. The molecular formula is C63H89F2N11O5. The predicted molar refractivity (Wildman–Crippen MR) is 313 cm³/mol. The summed E-state index contributed by atoms with van der Waals surface area (Å²) in [4.78, 5) is 48.9. The molecule has 2 N–H and O–H groups in total. The van der Waals surface area contributed by atoms with Gasteiger partial charge < -0.3 is 38.9 Å². The first-order valence-corrected chi connectivity index (χ1v) is 30.3. The van der Waals surface area contributed by atoms with Gasteiger partial charge >= 0.3 is 0 Å². The average Bonchev–Trinajstić information content (AvgIpc) is 4.42. The number of benzene rings is 1. The minimum absolute atomic E-state index is 0.0838. The average molecular weight is 1120 g/mol. The molecule has 18 heteroatoms. The van der Waals surface area contributed by atoms with E-state index in [1.807, 2.05) is 26.1 Å². The fourth-order valence-electron chi connectivity index (χ4n) is 14.7. The summed E-state index contributed by atoms with van der Waals surface area (Å²) < 4.78 is 51.3. The lowest BCUT2D eigenvalue weighted by Gasteiger charge is -2.60. The zero-order valence-corrected chi connectivity index (χ0v) is 49.2. The number of ether oxygens (including phenoxy) is 3. The molecule has 6 aliphatic heterocycles. The molecule has 3 aromatic heterocycles. The first kappa shape index (κ1) is 57.6. The first-order chi connectivity index (χ1) is 39.0. The van der Waals surface area contributed by atoms with Crippen LogP contribution in [0.3, 0.4) is 0 Å². The van der Waals surface area contributed by atoms with E-state index in [1.54, 1.807) is 30.3 Å². The molecule has 6 saturated heterocycles. The number of amides is 1. The number of fused-ring (bicyclic) bond motifs is 1. The number of methoxy groups -OCH3 is 1. The summed E-state index contributed by atoms with van der Waals surface area (Å²) in [6.45, 7) is 28.7. The second kappa shape index (κ2) is 23.8. The van der Waals surface area contributed by atoms with Crippen molar-refractivity contribution in [2.45, 2.75) is 142 Å². The molecule has 4 aromatic rings. The number of hydrogen-bond donors (Lipinski definition) is 2. The van der Waals surface area contributed by atoms with Crippen molar-refractivity contribution >= 4 is 34.7 Å². The molecule has 0 radical (unpaired) electrons. The van der Waals surface area contributed by atoms with Gasteiger partial charge in [-0.25, -0.2) is 14.2 Å². The molecule has 440 valence electrons. The number of alkyl halides is 2. The maximum absolute atomic E-state index is 15.7. The molecule has 9 heterocycles. The minimum Gasteiger partial charge on any atom is -0.467 e. The number of nitrogens with one attached hydrogen (secondary N) is 2. The van der Waals surface area contributed by atoms with Crippen molar-refractivity contribution in [1.82, 2.24) is 45.0 Å². The molecule has 0 bridgehead atoms. The largest absolute Gasteiger partial charge is 0.467 e. The molecule has 1 saturated carbocycles. The number of likely N-dealkylation sites (tertiary alicyclic amines) is 2. The Labute approximate surface area is 478 Å². The highest BCUT2D eigenvalue weighted by Crippen LogP contribution is 2.47. The quantitative estimate of drug-likeness (QED) is 0.0729. The van der Waals surface area contributed by atoms with Crippen molar-refractivity contribution in [3.05, 3.63) is 84.1 Å². The van der Waals surface area contributed by atoms with Crippen molar-refractivity contribution in [3.63, 3.8) is 0 Å². The number of rotatable bonds is 22. The zero-order chi connectivity index (χ0) is 56.8. The Morgan fingerprint density at radius 1 is 0.963 bits per heavy atom. The van der Waals surface area contributed by atoms with Crippen LogP contribution in [0.2, 0.25) is 0 Å². The number of piperidine rings is 1. The van der Waals surface area contributed by atoms with Crippen molar-refractivity contribution in [3.8, 4) is 11.3 Å². The highest BCUT2D eigenvalue weighted by atomic mass is 19.3. The van der Waals surface area contributed by atoms with Gasteiger partial charge in [0.25, 0.3) is 12.4 Å². The van der Waals surface area contributed by atoms with Gasteiger partial charge in [-0.15, -0.1) is 0 Å². The SMILES string of the molecule is C=C(C(NC(=O)C(C(C)C)N1CC(F)(F)CC1c1ccccn1)C([C@@H]1CCCN(c2ccc3c(c2)c(CC(C)(C)COC=O)c(-c2cc(N4CCN(C5CC5)CC4)cnc2C(C)OC)n3CC)C1)N1CC2(COC2)C1)N1CCCCN1. The van der Waals surface area contributed by atoms with Crippen LogP contribution in [0.15, 0.2) is 67.1 Å². The number of nitrogens with zero attached hydrogens (tertiary/aromatic N) is 9. The molecule has 7 fully saturated rings. The number of pyridine rings is 2. The van der Waals surface area contributed by atoms with E-state index in [-0.39, 0.29) is 41.9 Å². The van der Waals surface area contributed by atoms with Crippen LogP contribution in [-0.2, 0) is 36.8 Å². The molecule has 6 atom stereocenters. The van der Waals surface area contributed by atoms with Gasteiger partial charge in [-0.2, -0.15) is 0 Å². The van der Waals surface area contributed by atoms with Gasteiger partial charge in [0.2, 0.25) is 5.91 Å². The van der Waals surface area contributed by atoms with Gasteiger partial charge in [0.05, 0.1) is 79.6 Å². The van der Waals surface area contributed by atoms with E-state index in [0.717, 1.165) is 162 Å². The van der Waals surface area contributed by atoms with E-state index in [1.165, 1.54) is 18.4 Å². The Hall–Kier alpha value is -5.24.